The Kier molecular flexibility index (Phi) is 8.56. The van der Waals surface area contributed by atoms with E-state index in [4.69, 9.17) is 9.72 Å². The molecule has 6 heterocycles. The van der Waals surface area contributed by atoms with Gasteiger partial charge in [0.2, 0.25) is 5.91 Å². The van der Waals surface area contributed by atoms with Crippen molar-refractivity contribution >= 4 is 29.0 Å². The van der Waals surface area contributed by atoms with Crippen molar-refractivity contribution in [2.24, 2.45) is 5.92 Å². The number of nitrogens with one attached hydrogen (secondary N) is 1. The highest BCUT2D eigenvalue weighted by Gasteiger charge is 2.33. The van der Waals surface area contributed by atoms with Crippen LogP contribution in [-0.2, 0) is 16.1 Å². The van der Waals surface area contributed by atoms with Crippen molar-refractivity contribution in [3.63, 3.8) is 0 Å². The number of hydrogen-bond donors (Lipinski definition) is 1. The van der Waals surface area contributed by atoms with E-state index >= 15 is 0 Å². The standard InChI is InChI=1S/C33H40N8O3/c1-33(2,3)44-32(43)38-28-21-23(9-16-35-28)22-39-17-10-24(11-18-39)31(42)40-19-12-25(13-20-40)41-29-27(8-6-15-36-29)37-30(41)26-7-4-5-14-34-26/h4-9,14-16,21,24-25H,10-13,17-20,22H2,1-3H3,(H,35,38,43). The first kappa shape index (κ1) is 29.7. The van der Waals surface area contributed by atoms with Gasteiger partial charge in [-0.15, -0.1) is 0 Å². The van der Waals surface area contributed by atoms with E-state index in [9.17, 15) is 9.59 Å². The Bertz CT molecular complexity index is 1600. The minimum atomic E-state index is -0.574. The molecule has 0 bridgehead atoms. The number of rotatable bonds is 6. The summed E-state index contributed by atoms with van der Waals surface area (Å²) in [7, 11) is 0. The molecule has 2 aliphatic rings. The Balaban J connectivity index is 1.02. The van der Waals surface area contributed by atoms with Crippen molar-refractivity contribution in [1.82, 2.24) is 34.3 Å². The molecule has 2 aliphatic heterocycles. The number of piperidine rings is 2. The Hall–Kier alpha value is -4.38. The smallest absolute Gasteiger partial charge is 0.413 e. The van der Waals surface area contributed by atoms with Crippen LogP contribution in [0.25, 0.3) is 22.7 Å². The Morgan fingerprint density at radius 1 is 0.909 bits per heavy atom. The zero-order valence-corrected chi connectivity index (χ0v) is 25.6. The first-order valence-electron chi connectivity index (χ1n) is 15.4. The van der Waals surface area contributed by atoms with E-state index in [-0.39, 0.29) is 17.9 Å². The molecule has 1 N–H and O–H groups in total. The molecule has 0 radical (unpaired) electrons. The number of pyridine rings is 3. The van der Waals surface area contributed by atoms with Crippen LogP contribution in [0.4, 0.5) is 10.6 Å². The van der Waals surface area contributed by atoms with Gasteiger partial charge in [-0.1, -0.05) is 6.07 Å². The summed E-state index contributed by atoms with van der Waals surface area (Å²) >= 11 is 0. The number of amides is 2. The van der Waals surface area contributed by atoms with Crippen LogP contribution in [0.3, 0.4) is 0 Å². The van der Waals surface area contributed by atoms with Crippen molar-refractivity contribution in [3.8, 4) is 11.5 Å². The fourth-order valence-corrected chi connectivity index (χ4v) is 6.20. The number of carbonyl (C=O) groups is 2. The van der Waals surface area contributed by atoms with Crippen LogP contribution in [0.5, 0.6) is 0 Å². The van der Waals surface area contributed by atoms with Gasteiger partial charge in [0.1, 0.15) is 22.6 Å². The van der Waals surface area contributed by atoms with Gasteiger partial charge >= 0.3 is 6.09 Å². The summed E-state index contributed by atoms with van der Waals surface area (Å²) < 4.78 is 7.56. The molecule has 2 fully saturated rings. The fraction of sp³-hybridized carbons (Fsp3) is 0.455. The number of nitrogens with zero attached hydrogens (tertiary/aromatic N) is 7. The molecule has 0 saturated carbocycles. The third kappa shape index (κ3) is 6.88. The van der Waals surface area contributed by atoms with E-state index in [0.29, 0.717) is 5.82 Å². The number of fused-ring (bicyclic) bond motifs is 1. The minimum Gasteiger partial charge on any atom is -0.444 e. The maximum Gasteiger partial charge on any atom is 0.413 e. The lowest BCUT2D eigenvalue weighted by Crippen LogP contribution is -2.45. The first-order chi connectivity index (χ1) is 21.2. The molecule has 6 rings (SSSR count). The van der Waals surface area contributed by atoms with Gasteiger partial charge < -0.3 is 14.2 Å². The van der Waals surface area contributed by atoms with Crippen LogP contribution in [0, 0.1) is 5.92 Å². The SMILES string of the molecule is CC(C)(C)OC(=O)Nc1cc(CN2CCC(C(=O)N3CCC(n4c(-c5ccccn5)nc5cccnc54)CC3)CC2)ccn1. The van der Waals surface area contributed by atoms with Crippen LogP contribution >= 0.6 is 0 Å². The van der Waals surface area contributed by atoms with Gasteiger partial charge in [-0.05, 0) is 102 Å². The van der Waals surface area contributed by atoms with Crippen molar-refractivity contribution in [1.29, 1.82) is 0 Å². The molecule has 0 atom stereocenters. The molecule has 0 aliphatic carbocycles. The Morgan fingerprint density at radius 2 is 1.68 bits per heavy atom. The average molecular weight is 597 g/mol. The van der Waals surface area contributed by atoms with E-state index in [1.807, 2.05) is 69.4 Å². The summed E-state index contributed by atoms with van der Waals surface area (Å²) in [5, 5.41) is 2.71. The highest BCUT2D eigenvalue weighted by Crippen LogP contribution is 2.33. The van der Waals surface area contributed by atoms with Gasteiger partial charge in [0.05, 0.1) is 0 Å². The van der Waals surface area contributed by atoms with E-state index < -0.39 is 11.7 Å². The highest BCUT2D eigenvalue weighted by molar-refractivity contribution is 5.83. The average Bonchev–Trinajstić information content (AvgIpc) is 3.41. The van der Waals surface area contributed by atoms with E-state index in [0.717, 1.165) is 86.7 Å². The second-order valence-corrected chi connectivity index (χ2v) is 12.6. The molecular formula is C33H40N8O3. The normalized spacial score (nSPS) is 17.1. The predicted octanol–water partition coefficient (Wildman–Crippen LogP) is 5.31. The summed E-state index contributed by atoms with van der Waals surface area (Å²) in [6.45, 7) is 9.37. The molecule has 0 aromatic carbocycles. The van der Waals surface area contributed by atoms with E-state index in [2.05, 4.69) is 34.6 Å². The summed E-state index contributed by atoms with van der Waals surface area (Å²) in [5.41, 5.74) is 3.05. The molecule has 4 aromatic rings. The first-order valence-corrected chi connectivity index (χ1v) is 15.4. The number of likely N-dealkylation sites (tertiary alicyclic amines) is 2. The molecule has 230 valence electrons. The Labute approximate surface area is 257 Å². The lowest BCUT2D eigenvalue weighted by Gasteiger charge is -2.38. The molecular weight excluding hydrogens is 556 g/mol. The predicted molar refractivity (Wildman–Crippen MR) is 168 cm³/mol. The molecule has 0 unspecified atom stereocenters. The molecule has 2 saturated heterocycles. The number of imidazole rings is 1. The summed E-state index contributed by atoms with van der Waals surface area (Å²) in [6, 6.07) is 13.8. The minimum absolute atomic E-state index is 0.0458. The van der Waals surface area contributed by atoms with Gasteiger partial charge in [-0.2, -0.15) is 0 Å². The number of anilines is 1. The maximum atomic E-state index is 13.6. The topological polar surface area (TPSA) is 118 Å². The summed E-state index contributed by atoms with van der Waals surface area (Å²) in [4.78, 5) is 48.5. The van der Waals surface area contributed by atoms with Gasteiger partial charge in [0.25, 0.3) is 0 Å². The van der Waals surface area contributed by atoms with E-state index in [1.54, 1.807) is 12.4 Å². The zero-order valence-electron chi connectivity index (χ0n) is 25.6. The van der Waals surface area contributed by atoms with Crippen LogP contribution in [0.2, 0.25) is 0 Å². The molecule has 11 nitrogen and oxygen atoms in total. The highest BCUT2D eigenvalue weighted by atomic mass is 16.6. The fourth-order valence-electron chi connectivity index (χ4n) is 6.20. The molecule has 11 heteroatoms. The lowest BCUT2D eigenvalue weighted by molar-refractivity contribution is -0.138. The molecule has 44 heavy (non-hydrogen) atoms. The third-order valence-corrected chi connectivity index (χ3v) is 8.28. The van der Waals surface area contributed by atoms with Crippen LogP contribution in [-0.4, -0.2) is 78.1 Å². The Morgan fingerprint density at radius 3 is 2.41 bits per heavy atom. The van der Waals surface area contributed by atoms with E-state index in [1.165, 1.54) is 0 Å². The van der Waals surface area contributed by atoms with Gasteiger partial charge in [-0.25, -0.2) is 19.7 Å². The zero-order chi connectivity index (χ0) is 30.7. The monoisotopic (exact) mass is 596 g/mol. The number of aromatic nitrogens is 5. The van der Waals surface area contributed by atoms with Gasteiger partial charge in [0.15, 0.2) is 11.5 Å². The number of hydrogen-bond acceptors (Lipinski definition) is 8. The van der Waals surface area contributed by atoms with Crippen molar-refractivity contribution in [2.75, 3.05) is 31.5 Å². The van der Waals surface area contributed by atoms with Crippen LogP contribution in [0.1, 0.15) is 58.1 Å². The molecule has 4 aromatic heterocycles. The second-order valence-electron chi connectivity index (χ2n) is 12.6. The number of ether oxygens (including phenoxy) is 1. The molecule has 0 spiro atoms. The van der Waals surface area contributed by atoms with Crippen molar-refractivity contribution in [2.45, 2.75) is 64.6 Å². The molecule has 2 amide bonds. The third-order valence-electron chi connectivity index (χ3n) is 8.28. The maximum absolute atomic E-state index is 13.6. The van der Waals surface area contributed by atoms with Crippen LogP contribution < -0.4 is 5.32 Å². The van der Waals surface area contributed by atoms with Crippen molar-refractivity contribution in [3.05, 3.63) is 66.6 Å². The second kappa shape index (κ2) is 12.7. The summed E-state index contributed by atoms with van der Waals surface area (Å²) in [6.07, 6.45) is 8.17. The van der Waals surface area contributed by atoms with Gasteiger partial charge in [-0.3, -0.25) is 20.0 Å². The lowest BCUT2D eigenvalue weighted by atomic mass is 9.93. The van der Waals surface area contributed by atoms with Crippen LogP contribution in [0.15, 0.2) is 61.1 Å². The quantitative estimate of drug-likeness (QED) is 0.318. The summed E-state index contributed by atoms with van der Waals surface area (Å²) in [5.74, 6) is 1.62. The number of carbonyl (C=O) groups excluding carboxylic acids is 2. The largest absolute Gasteiger partial charge is 0.444 e. The van der Waals surface area contributed by atoms with Gasteiger partial charge in [0, 0.05) is 50.2 Å². The van der Waals surface area contributed by atoms with Crippen molar-refractivity contribution < 1.29 is 14.3 Å².